The summed E-state index contributed by atoms with van der Waals surface area (Å²) in [6.45, 7) is 0. The van der Waals surface area contributed by atoms with Crippen LogP contribution >= 0.6 is 0 Å². The SMILES string of the molecule is O=c1oc2c(O)c(O)ccc2cc1-c1ccc([N+](=O)[O-])cc1. The summed E-state index contributed by atoms with van der Waals surface area (Å²) < 4.78 is 5.04. The van der Waals surface area contributed by atoms with Crippen LogP contribution < -0.4 is 5.63 Å². The van der Waals surface area contributed by atoms with Crippen LogP contribution in [-0.4, -0.2) is 15.1 Å². The second-order valence-corrected chi connectivity index (χ2v) is 4.60. The third-order valence-electron chi connectivity index (χ3n) is 3.24. The molecule has 7 nitrogen and oxygen atoms in total. The highest BCUT2D eigenvalue weighted by Crippen LogP contribution is 2.34. The number of hydrogen-bond donors (Lipinski definition) is 2. The fraction of sp³-hybridized carbons (Fsp3) is 0. The number of nitro groups is 1. The lowest BCUT2D eigenvalue weighted by atomic mass is 10.1. The molecule has 0 radical (unpaired) electrons. The van der Waals surface area contributed by atoms with E-state index < -0.39 is 22.0 Å². The standard InChI is InChI=1S/C15H9NO6/c17-12-6-3-9-7-11(15(19)22-14(9)13(12)18)8-1-4-10(5-2-8)16(20)21/h1-7,17-18H. The van der Waals surface area contributed by atoms with Gasteiger partial charge in [0.1, 0.15) is 0 Å². The first-order valence-electron chi connectivity index (χ1n) is 6.21. The molecule has 0 saturated carbocycles. The highest BCUT2D eigenvalue weighted by molar-refractivity contribution is 5.87. The summed E-state index contributed by atoms with van der Waals surface area (Å²) >= 11 is 0. The largest absolute Gasteiger partial charge is 0.504 e. The van der Waals surface area contributed by atoms with E-state index in [2.05, 4.69) is 0 Å². The van der Waals surface area contributed by atoms with Crippen LogP contribution in [0.5, 0.6) is 11.5 Å². The van der Waals surface area contributed by atoms with Gasteiger partial charge in [0.15, 0.2) is 11.3 Å². The summed E-state index contributed by atoms with van der Waals surface area (Å²) in [5, 5.41) is 30.1. The molecule has 1 aromatic heterocycles. The second kappa shape index (κ2) is 4.88. The predicted molar refractivity (Wildman–Crippen MR) is 77.9 cm³/mol. The minimum absolute atomic E-state index is 0.0866. The third kappa shape index (κ3) is 2.14. The van der Waals surface area contributed by atoms with Gasteiger partial charge in [-0.05, 0) is 35.9 Å². The topological polar surface area (TPSA) is 114 Å². The number of rotatable bonds is 2. The number of hydrogen-bond acceptors (Lipinski definition) is 6. The van der Waals surface area contributed by atoms with Gasteiger partial charge in [-0.1, -0.05) is 0 Å². The first-order valence-corrected chi connectivity index (χ1v) is 6.21. The summed E-state index contributed by atoms with van der Waals surface area (Å²) in [6, 6.07) is 9.70. The van der Waals surface area contributed by atoms with Crippen LogP contribution in [0.15, 0.2) is 51.7 Å². The number of fused-ring (bicyclic) bond motifs is 1. The zero-order valence-corrected chi connectivity index (χ0v) is 11.0. The van der Waals surface area contributed by atoms with Gasteiger partial charge < -0.3 is 14.6 Å². The van der Waals surface area contributed by atoms with E-state index in [4.69, 9.17) is 4.42 Å². The summed E-state index contributed by atoms with van der Waals surface area (Å²) in [5.74, 6) is -0.899. The van der Waals surface area contributed by atoms with Crippen LogP contribution in [0.4, 0.5) is 5.69 Å². The molecule has 22 heavy (non-hydrogen) atoms. The van der Waals surface area contributed by atoms with E-state index in [1.54, 1.807) is 0 Å². The van der Waals surface area contributed by atoms with Gasteiger partial charge in [-0.2, -0.15) is 0 Å². The van der Waals surface area contributed by atoms with E-state index in [-0.39, 0.29) is 16.8 Å². The Bertz CT molecular complexity index is 943. The van der Waals surface area contributed by atoms with Crippen molar-refractivity contribution in [3.63, 3.8) is 0 Å². The summed E-state index contributed by atoms with van der Waals surface area (Å²) in [5.41, 5.74) is -0.268. The third-order valence-corrected chi connectivity index (χ3v) is 3.24. The molecular formula is C15H9NO6. The molecule has 0 fully saturated rings. The zero-order chi connectivity index (χ0) is 15.9. The van der Waals surface area contributed by atoms with Crippen molar-refractivity contribution in [2.75, 3.05) is 0 Å². The van der Waals surface area contributed by atoms with Gasteiger partial charge in [0.2, 0.25) is 5.75 Å². The Hall–Kier alpha value is -3.35. The van der Waals surface area contributed by atoms with Crippen molar-refractivity contribution < 1.29 is 19.6 Å². The lowest BCUT2D eigenvalue weighted by molar-refractivity contribution is -0.384. The fourth-order valence-corrected chi connectivity index (χ4v) is 2.12. The highest BCUT2D eigenvalue weighted by Gasteiger charge is 2.14. The molecule has 0 atom stereocenters. The Labute approximate surface area is 122 Å². The molecule has 0 bridgehead atoms. The Kier molecular flexibility index (Phi) is 3.03. The maximum absolute atomic E-state index is 12.0. The predicted octanol–water partition coefficient (Wildman–Crippen LogP) is 2.78. The molecule has 2 N–H and O–H groups in total. The monoisotopic (exact) mass is 299 g/mol. The molecule has 0 aliphatic carbocycles. The van der Waals surface area contributed by atoms with Gasteiger partial charge in [-0.3, -0.25) is 10.1 Å². The summed E-state index contributed by atoms with van der Waals surface area (Å²) in [4.78, 5) is 22.1. The lowest BCUT2D eigenvalue weighted by Gasteiger charge is -2.05. The number of phenols is 2. The van der Waals surface area contributed by atoms with Gasteiger partial charge in [0.05, 0.1) is 10.5 Å². The summed E-state index contributed by atoms with van der Waals surface area (Å²) in [6.07, 6.45) is 0. The van der Waals surface area contributed by atoms with Crippen LogP contribution in [0.3, 0.4) is 0 Å². The molecule has 0 aliphatic rings. The van der Waals surface area contributed by atoms with Crippen molar-refractivity contribution in [3.05, 3.63) is 63.0 Å². The van der Waals surface area contributed by atoms with Crippen molar-refractivity contribution >= 4 is 16.7 Å². The van der Waals surface area contributed by atoms with Crippen molar-refractivity contribution in [3.8, 4) is 22.6 Å². The first-order chi connectivity index (χ1) is 10.5. The molecule has 0 amide bonds. The number of aromatic hydroxyl groups is 2. The molecule has 3 aromatic rings. The van der Waals surface area contributed by atoms with Gasteiger partial charge in [0, 0.05) is 17.5 Å². The number of non-ortho nitro benzene ring substituents is 1. The van der Waals surface area contributed by atoms with Crippen molar-refractivity contribution in [2.45, 2.75) is 0 Å². The molecule has 7 heteroatoms. The average molecular weight is 299 g/mol. The minimum atomic E-state index is -0.720. The number of nitrogens with zero attached hydrogens (tertiary/aromatic N) is 1. The van der Waals surface area contributed by atoms with E-state index in [0.29, 0.717) is 10.9 Å². The minimum Gasteiger partial charge on any atom is -0.504 e. The maximum Gasteiger partial charge on any atom is 0.344 e. The van der Waals surface area contributed by atoms with Crippen molar-refractivity contribution in [1.29, 1.82) is 0 Å². The van der Waals surface area contributed by atoms with Crippen LogP contribution in [0, 0.1) is 10.1 Å². The van der Waals surface area contributed by atoms with Gasteiger partial charge in [0.25, 0.3) is 5.69 Å². The number of nitro benzene ring substituents is 1. The molecule has 110 valence electrons. The van der Waals surface area contributed by atoms with E-state index in [1.165, 1.54) is 42.5 Å². The van der Waals surface area contributed by atoms with Crippen molar-refractivity contribution in [1.82, 2.24) is 0 Å². The van der Waals surface area contributed by atoms with Gasteiger partial charge in [-0.25, -0.2) is 4.79 Å². The summed E-state index contributed by atoms with van der Waals surface area (Å²) in [7, 11) is 0. The van der Waals surface area contributed by atoms with Crippen LogP contribution in [-0.2, 0) is 0 Å². The highest BCUT2D eigenvalue weighted by atomic mass is 16.6. The Morgan fingerprint density at radius 3 is 2.36 bits per heavy atom. The van der Waals surface area contributed by atoms with E-state index in [1.807, 2.05) is 0 Å². The maximum atomic E-state index is 12.0. The Morgan fingerprint density at radius 1 is 1.05 bits per heavy atom. The van der Waals surface area contributed by atoms with Gasteiger partial charge in [-0.15, -0.1) is 0 Å². The van der Waals surface area contributed by atoms with Crippen molar-refractivity contribution in [2.24, 2.45) is 0 Å². The molecule has 0 unspecified atom stereocenters. The van der Waals surface area contributed by atoms with E-state index >= 15 is 0 Å². The zero-order valence-electron chi connectivity index (χ0n) is 11.0. The number of phenolic OH excluding ortho intramolecular Hbond substituents is 2. The molecule has 1 heterocycles. The van der Waals surface area contributed by atoms with Gasteiger partial charge >= 0.3 is 5.63 Å². The number of benzene rings is 2. The molecular weight excluding hydrogens is 290 g/mol. The van der Waals surface area contributed by atoms with Crippen LogP contribution in [0.1, 0.15) is 0 Å². The smallest absolute Gasteiger partial charge is 0.344 e. The quantitative estimate of drug-likeness (QED) is 0.325. The Balaban J connectivity index is 2.19. The van der Waals surface area contributed by atoms with E-state index in [9.17, 15) is 25.1 Å². The Morgan fingerprint density at radius 2 is 1.73 bits per heavy atom. The molecule has 3 rings (SSSR count). The van der Waals surface area contributed by atoms with Crippen LogP contribution in [0.2, 0.25) is 0 Å². The molecule has 0 saturated heterocycles. The lowest BCUT2D eigenvalue weighted by Crippen LogP contribution is -2.02. The first kappa shape index (κ1) is 13.6. The molecule has 0 aliphatic heterocycles. The molecule has 2 aromatic carbocycles. The normalized spacial score (nSPS) is 10.7. The second-order valence-electron chi connectivity index (χ2n) is 4.60. The molecule has 0 spiro atoms. The fourth-order valence-electron chi connectivity index (χ4n) is 2.12. The average Bonchev–Trinajstić information content (AvgIpc) is 2.51. The van der Waals surface area contributed by atoms with E-state index in [0.717, 1.165) is 0 Å². The van der Waals surface area contributed by atoms with Crippen LogP contribution in [0.25, 0.3) is 22.1 Å².